The summed E-state index contributed by atoms with van der Waals surface area (Å²) in [6.07, 6.45) is 6.03. The molecule has 2 fully saturated rings. The molecule has 0 atom stereocenters. The van der Waals surface area contributed by atoms with Crippen molar-refractivity contribution in [1.82, 2.24) is 0 Å². The van der Waals surface area contributed by atoms with Crippen LogP contribution < -0.4 is 0 Å². The summed E-state index contributed by atoms with van der Waals surface area (Å²) in [7, 11) is 0. The third-order valence-corrected chi connectivity index (χ3v) is 5.47. The molecule has 1 aromatic rings. The Morgan fingerprint density at radius 3 is 2.32 bits per heavy atom. The second-order valence-electron chi connectivity index (χ2n) is 6.97. The van der Waals surface area contributed by atoms with Gasteiger partial charge in [-0.1, -0.05) is 38.3 Å². The third-order valence-electron chi connectivity index (χ3n) is 5.47. The van der Waals surface area contributed by atoms with Gasteiger partial charge >= 0.3 is 0 Å². The van der Waals surface area contributed by atoms with Crippen LogP contribution in [0, 0.1) is 30.5 Å². The molecule has 1 aliphatic heterocycles. The van der Waals surface area contributed by atoms with Gasteiger partial charge in [-0.25, -0.2) is 4.39 Å². The molecule has 1 aromatic carbocycles. The Balaban J connectivity index is 1.54. The highest BCUT2D eigenvalue weighted by Crippen LogP contribution is 2.38. The first-order valence-corrected chi connectivity index (χ1v) is 8.66. The molecule has 2 nitrogen and oxygen atoms in total. The molecule has 3 heteroatoms. The standard InChI is InChI=1S/C19H27FO2/c1-3-14-5-7-15(8-6-14)16-11-21-19(22-12-16)17-9-4-13(2)10-18(17)20/h4,9-10,14-16,19H,3,5-8,11-12H2,1-2H3/t14-,15-,16?,19?. The Kier molecular flexibility index (Phi) is 5.14. The zero-order valence-corrected chi connectivity index (χ0v) is 13.7. The Labute approximate surface area is 133 Å². The summed E-state index contributed by atoms with van der Waals surface area (Å²) in [5, 5.41) is 0. The van der Waals surface area contributed by atoms with Crippen molar-refractivity contribution in [3.8, 4) is 0 Å². The summed E-state index contributed by atoms with van der Waals surface area (Å²) in [5.74, 6) is 1.87. The van der Waals surface area contributed by atoms with Crippen molar-refractivity contribution in [2.45, 2.75) is 52.2 Å². The molecule has 0 radical (unpaired) electrons. The van der Waals surface area contributed by atoms with E-state index in [4.69, 9.17) is 9.47 Å². The van der Waals surface area contributed by atoms with Crippen molar-refractivity contribution >= 4 is 0 Å². The van der Waals surface area contributed by atoms with Crippen LogP contribution in [0.5, 0.6) is 0 Å². The van der Waals surface area contributed by atoms with Crippen LogP contribution in [0.4, 0.5) is 4.39 Å². The molecule has 3 rings (SSSR count). The first-order chi connectivity index (χ1) is 10.7. The fourth-order valence-corrected chi connectivity index (χ4v) is 3.86. The molecule has 0 amide bonds. The third kappa shape index (κ3) is 3.52. The maximum atomic E-state index is 14.0. The lowest BCUT2D eigenvalue weighted by Gasteiger charge is -2.37. The van der Waals surface area contributed by atoms with Crippen LogP contribution in [-0.4, -0.2) is 13.2 Å². The van der Waals surface area contributed by atoms with Crippen molar-refractivity contribution in [3.63, 3.8) is 0 Å². The second kappa shape index (κ2) is 7.10. The van der Waals surface area contributed by atoms with E-state index < -0.39 is 6.29 Å². The lowest BCUT2D eigenvalue weighted by molar-refractivity contribution is -0.215. The Bertz CT molecular complexity index is 486. The molecule has 0 spiro atoms. The van der Waals surface area contributed by atoms with Gasteiger partial charge in [0.1, 0.15) is 5.82 Å². The van der Waals surface area contributed by atoms with E-state index >= 15 is 0 Å². The van der Waals surface area contributed by atoms with Crippen molar-refractivity contribution in [2.24, 2.45) is 17.8 Å². The first kappa shape index (κ1) is 15.9. The molecule has 2 aliphatic rings. The maximum Gasteiger partial charge on any atom is 0.186 e. The molecule has 1 saturated heterocycles. The zero-order chi connectivity index (χ0) is 15.5. The van der Waals surface area contributed by atoms with E-state index in [9.17, 15) is 4.39 Å². The van der Waals surface area contributed by atoms with Crippen LogP contribution in [0.3, 0.4) is 0 Å². The fourth-order valence-electron chi connectivity index (χ4n) is 3.86. The van der Waals surface area contributed by atoms with Gasteiger partial charge in [0.15, 0.2) is 6.29 Å². The van der Waals surface area contributed by atoms with Gasteiger partial charge in [-0.15, -0.1) is 0 Å². The Morgan fingerprint density at radius 1 is 1.05 bits per heavy atom. The largest absolute Gasteiger partial charge is 0.348 e. The van der Waals surface area contributed by atoms with E-state index in [0.29, 0.717) is 30.6 Å². The predicted octanol–water partition coefficient (Wildman–Crippen LogP) is 5.01. The molecule has 122 valence electrons. The smallest absolute Gasteiger partial charge is 0.186 e. The molecule has 1 saturated carbocycles. The van der Waals surface area contributed by atoms with Gasteiger partial charge in [-0.2, -0.15) is 0 Å². The number of halogens is 1. The van der Waals surface area contributed by atoms with Crippen molar-refractivity contribution in [2.75, 3.05) is 13.2 Å². The molecule has 0 unspecified atom stereocenters. The monoisotopic (exact) mass is 306 g/mol. The molecule has 22 heavy (non-hydrogen) atoms. The molecule has 1 heterocycles. The van der Waals surface area contributed by atoms with Gasteiger partial charge < -0.3 is 9.47 Å². The van der Waals surface area contributed by atoms with Gasteiger partial charge in [0.05, 0.1) is 13.2 Å². The van der Waals surface area contributed by atoms with E-state index in [-0.39, 0.29) is 5.82 Å². The van der Waals surface area contributed by atoms with Gasteiger partial charge in [0.2, 0.25) is 0 Å². The molecule has 0 aromatic heterocycles. The minimum absolute atomic E-state index is 0.230. The van der Waals surface area contributed by atoms with Crippen LogP contribution in [-0.2, 0) is 9.47 Å². The van der Waals surface area contributed by atoms with Crippen molar-refractivity contribution < 1.29 is 13.9 Å². The summed E-state index contributed by atoms with van der Waals surface area (Å²) in [5.41, 5.74) is 1.45. The second-order valence-corrected chi connectivity index (χ2v) is 6.97. The predicted molar refractivity (Wildman–Crippen MR) is 85.0 cm³/mol. The van der Waals surface area contributed by atoms with E-state index in [2.05, 4.69) is 6.92 Å². The van der Waals surface area contributed by atoms with Crippen LogP contribution in [0.25, 0.3) is 0 Å². The summed E-state index contributed by atoms with van der Waals surface area (Å²) < 4.78 is 25.7. The number of hydrogen-bond donors (Lipinski definition) is 0. The summed E-state index contributed by atoms with van der Waals surface area (Å²) >= 11 is 0. The fraction of sp³-hybridized carbons (Fsp3) is 0.684. The summed E-state index contributed by atoms with van der Waals surface area (Å²) in [4.78, 5) is 0. The minimum atomic E-state index is -0.538. The number of hydrogen-bond acceptors (Lipinski definition) is 2. The number of rotatable bonds is 3. The Morgan fingerprint density at radius 2 is 1.73 bits per heavy atom. The van der Waals surface area contributed by atoms with Gasteiger partial charge in [-0.3, -0.25) is 0 Å². The highest BCUT2D eigenvalue weighted by molar-refractivity contribution is 5.24. The van der Waals surface area contributed by atoms with E-state index in [1.54, 1.807) is 12.1 Å². The molecular weight excluding hydrogens is 279 g/mol. The first-order valence-electron chi connectivity index (χ1n) is 8.66. The molecule has 0 bridgehead atoms. The van der Waals surface area contributed by atoms with Crippen LogP contribution in [0.15, 0.2) is 18.2 Å². The maximum absolute atomic E-state index is 14.0. The van der Waals surface area contributed by atoms with Crippen LogP contribution >= 0.6 is 0 Å². The quantitative estimate of drug-likeness (QED) is 0.781. The molecular formula is C19H27FO2. The summed E-state index contributed by atoms with van der Waals surface area (Å²) in [6.45, 7) is 5.57. The van der Waals surface area contributed by atoms with E-state index in [1.807, 2.05) is 13.0 Å². The summed E-state index contributed by atoms with van der Waals surface area (Å²) in [6, 6.07) is 5.23. The topological polar surface area (TPSA) is 18.5 Å². The SMILES string of the molecule is CC[C@H]1CC[C@H](C2COC(c3ccc(C)cc3F)OC2)CC1. The average molecular weight is 306 g/mol. The molecule has 0 N–H and O–H groups in total. The van der Waals surface area contributed by atoms with Gasteiger partial charge in [0, 0.05) is 11.5 Å². The number of ether oxygens (including phenoxy) is 2. The lowest BCUT2D eigenvalue weighted by atomic mass is 9.75. The van der Waals surface area contributed by atoms with Crippen molar-refractivity contribution in [1.29, 1.82) is 0 Å². The lowest BCUT2D eigenvalue weighted by Crippen LogP contribution is -2.34. The average Bonchev–Trinajstić information content (AvgIpc) is 2.55. The minimum Gasteiger partial charge on any atom is -0.348 e. The number of benzene rings is 1. The Hall–Kier alpha value is -0.930. The van der Waals surface area contributed by atoms with Gasteiger partial charge in [-0.05, 0) is 43.2 Å². The highest BCUT2D eigenvalue weighted by Gasteiger charge is 2.32. The molecule has 1 aliphatic carbocycles. The zero-order valence-electron chi connectivity index (χ0n) is 13.7. The van der Waals surface area contributed by atoms with Crippen LogP contribution in [0.1, 0.15) is 56.4 Å². The van der Waals surface area contributed by atoms with E-state index in [0.717, 1.165) is 11.5 Å². The van der Waals surface area contributed by atoms with E-state index in [1.165, 1.54) is 32.1 Å². The van der Waals surface area contributed by atoms with Gasteiger partial charge in [0.25, 0.3) is 0 Å². The van der Waals surface area contributed by atoms with Crippen molar-refractivity contribution in [3.05, 3.63) is 35.1 Å². The number of aryl methyl sites for hydroxylation is 1. The highest BCUT2D eigenvalue weighted by atomic mass is 19.1. The van der Waals surface area contributed by atoms with Crippen LogP contribution in [0.2, 0.25) is 0 Å². The normalized spacial score (nSPS) is 32.9.